The van der Waals surface area contributed by atoms with Crippen molar-refractivity contribution in [2.75, 3.05) is 24.6 Å². The molecule has 0 spiro atoms. The summed E-state index contributed by atoms with van der Waals surface area (Å²) in [6.45, 7) is 7.26. The van der Waals surface area contributed by atoms with Gasteiger partial charge in [0.15, 0.2) is 0 Å². The molecule has 0 amide bonds. The summed E-state index contributed by atoms with van der Waals surface area (Å²) < 4.78 is 24.6. The van der Waals surface area contributed by atoms with E-state index in [1.165, 1.54) is 29.8 Å². The van der Waals surface area contributed by atoms with Gasteiger partial charge in [0.05, 0.1) is 18.1 Å². The van der Waals surface area contributed by atoms with E-state index in [0.29, 0.717) is 24.6 Å². The van der Waals surface area contributed by atoms with E-state index in [1.54, 1.807) is 19.1 Å². The number of halogens is 1. The van der Waals surface area contributed by atoms with Gasteiger partial charge in [0.25, 0.3) is 0 Å². The Kier molecular flexibility index (Phi) is 5.47. The number of aryl methyl sites for hydroxylation is 1. The molecule has 0 bridgehead atoms. The van der Waals surface area contributed by atoms with Crippen LogP contribution in [-0.2, 0) is 9.47 Å². The average Bonchev–Trinajstić information content (AvgIpc) is 3.05. The smallest absolute Gasteiger partial charge is 0.348 e. The van der Waals surface area contributed by atoms with E-state index in [-0.39, 0.29) is 24.0 Å². The third kappa shape index (κ3) is 3.82. The summed E-state index contributed by atoms with van der Waals surface area (Å²) in [5.41, 5.74) is 1.75. The molecule has 29 heavy (non-hydrogen) atoms. The normalized spacial score (nSPS) is 19.5. The fraction of sp³-hybridized carbons (Fsp3) is 0.381. The summed E-state index contributed by atoms with van der Waals surface area (Å²) in [5.74, 6) is 0.174. The Morgan fingerprint density at radius 2 is 2.07 bits per heavy atom. The Hall–Kier alpha value is -2.58. The van der Waals surface area contributed by atoms with Crippen LogP contribution in [0.15, 0.2) is 30.6 Å². The zero-order valence-corrected chi connectivity index (χ0v) is 17.3. The number of esters is 1. The van der Waals surface area contributed by atoms with Gasteiger partial charge in [-0.25, -0.2) is 19.2 Å². The van der Waals surface area contributed by atoms with Crippen LogP contribution >= 0.6 is 11.3 Å². The van der Waals surface area contributed by atoms with Crippen LogP contribution in [0.3, 0.4) is 0 Å². The van der Waals surface area contributed by atoms with E-state index in [2.05, 4.69) is 14.9 Å². The van der Waals surface area contributed by atoms with Crippen molar-refractivity contribution in [2.45, 2.75) is 33.0 Å². The maximum atomic E-state index is 13.3. The zero-order valence-electron chi connectivity index (χ0n) is 16.5. The highest BCUT2D eigenvalue weighted by Gasteiger charge is 2.30. The van der Waals surface area contributed by atoms with Crippen molar-refractivity contribution in [2.24, 2.45) is 0 Å². The Bertz CT molecular complexity index is 1040. The van der Waals surface area contributed by atoms with Crippen molar-refractivity contribution in [1.82, 2.24) is 9.97 Å². The molecule has 4 rings (SSSR count). The molecule has 1 saturated heterocycles. The minimum absolute atomic E-state index is 0.0349. The second-order valence-electron chi connectivity index (χ2n) is 7.05. The molecule has 0 saturated carbocycles. The minimum atomic E-state index is -0.335. The Morgan fingerprint density at radius 3 is 2.79 bits per heavy atom. The van der Waals surface area contributed by atoms with Gasteiger partial charge in [-0.2, -0.15) is 0 Å². The quantitative estimate of drug-likeness (QED) is 0.593. The number of benzene rings is 1. The van der Waals surface area contributed by atoms with Gasteiger partial charge >= 0.3 is 5.97 Å². The van der Waals surface area contributed by atoms with Gasteiger partial charge in [0.1, 0.15) is 33.8 Å². The van der Waals surface area contributed by atoms with Gasteiger partial charge in [0.2, 0.25) is 0 Å². The number of carbonyl (C=O) groups is 1. The molecule has 0 aliphatic carbocycles. The molecule has 1 aliphatic heterocycles. The van der Waals surface area contributed by atoms with Crippen LogP contribution in [0.2, 0.25) is 0 Å². The first-order valence-electron chi connectivity index (χ1n) is 9.55. The summed E-state index contributed by atoms with van der Waals surface area (Å²) in [5, 5.41) is 0.868. The molecule has 1 fully saturated rings. The van der Waals surface area contributed by atoms with Crippen LogP contribution in [0.5, 0.6) is 0 Å². The number of hydrogen-bond donors (Lipinski definition) is 0. The molecule has 2 aromatic heterocycles. The van der Waals surface area contributed by atoms with Crippen LogP contribution in [0.4, 0.5) is 10.2 Å². The highest BCUT2D eigenvalue weighted by Crippen LogP contribution is 2.37. The van der Waals surface area contributed by atoms with Crippen LogP contribution < -0.4 is 4.90 Å². The summed E-state index contributed by atoms with van der Waals surface area (Å²) in [6, 6.07) is 6.39. The second-order valence-corrected chi connectivity index (χ2v) is 8.05. The van der Waals surface area contributed by atoms with Crippen molar-refractivity contribution in [3.05, 3.63) is 52.4 Å². The van der Waals surface area contributed by atoms with Crippen molar-refractivity contribution in [3.8, 4) is 0 Å². The first kappa shape index (κ1) is 19.7. The van der Waals surface area contributed by atoms with Crippen LogP contribution in [0.1, 0.15) is 40.8 Å². The van der Waals surface area contributed by atoms with Crippen molar-refractivity contribution in [3.63, 3.8) is 0 Å². The number of nitrogens with zero attached hydrogens (tertiary/aromatic N) is 3. The Labute approximate surface area is 172 Å². The number of ether oxygens (including phenoxy) is 2. The van der Waals surface area contributed by atoms with Gasteiger partial charge < -0.3 is 14.4 Å². The largest absolute Gasteiger partial charge is 0.462 e. The maximum Gasteiger partial charge on any atom is 0.348 e. The zero-order chi connectivity index (χ0) is 20.5. The molecule has 1 aromatic carbocycles. The highest BCUT2D eigenvalue weighted by atomic mass is 32.1. The topological polar surface area (TPSA) is 64.5 Å². The number of hydrogen-bond acceptors (Lipinski definition) is 7. The molecule has 1 aliphatic rings. The van der Waals surface area contributed by atoms with Crippen molar-refractivity contribution in [1.29, 1.82) is 0 Å². The fourth-order valence-electron chi connectivity index (χ4n) is 3.67. The lowest BCUT2D eigenvalue weighted by Crippen LogP contribution is -2.43. The van der Waals surface area contributed by atoms with Gasteiger partial charge in [-0.1, -0.05) is 12.1 Å². The van der Waals surface area contributed by atoms with Gasteiger partial charge in [-0.3, -0.25) is 0 Å². The van der Waals surface area contributed by atoms with Crippen LogP contribution in [0, 0.1) is 12.7 Å². The first-order valence-corrected chi connectivity index (χ1v) is 10.4. The van der Waals surface area contributed by atoms with Crippen LogP contribution in [-0.4, -0.2) is 41.7 Å². The minimum Gasteiger partial charge on any atom is -0.462 e. The summed E-state index contributed by atoms with van der Waals surface area (Å²) in [4.78, 5) is 24.7. The van der Waals surface area contributed by atoms with Crippen molar-refractivity contribution >= 4 is 33.3 Å². The Morgan fingerprint density at radius 1 is 1.31 bits per heavy atom. The van der Waals surface area contributed by atoms with Gasteiger partial charge in [0, 0.05) is 13.1 Å². The van der Waals surface area contributed by atoms with E-state index >= 15 is 0 Å². The lowest BCUT2D eigenvalue weighted by atomic mass is 10.1. The lowest BCUT2D eigenvalue weighted by Gasteiger charge is -2.38. The molecule has 3 aromatic rings. The van der Waals surface area contributed by atoms with E-state index in [1.807, 2.05) is 13.8 Å². The number of carbonyl (C=O) groups excluding carboxylic acids is 1. The molecule has 2 atom stereocenters. The third-order valence-corrected chi connectivity index (χ3v) is 6.15. The molecule has 3 heterocycles. The fourth-order valence-corrected chi connectivity index (χ4v) is 4.71. The molecule has 2 unspecified atom stereocenters. The van der Waals surface area contributed by atoms with E-state index in [9.17, 15) is 9.18 Å². The molecular formula is C21H22FN3O3S. The lowest BCUT2D eigenvalue weighted by molar-refractivity contribution is -0.0175. The number of morpholine rings is 1. The van der Waals surface area contributed by atoms with E-state index in [0.717, 1.165) is 27.2 Å². The number of rotatable bonds is 4. The SMILES string of the molecule is CCOC(=O)c1sc2ncnc(N3CC(C)OC(c4ccc(F)cc4)C3)c2c1C. The highest BCUT2D eigenvalue weighted by molar-refractivity contribution is 7.20. The summed E-state index contributed by atoms with van der Waals surface area (Å²) in [6.07, 6.45) is 1.29. The number of anilines is 1. The second kappa shape index (κ2) is 8.04. The van der Waals surface area contributed by atoms with Crippen LogP contribution in [0.25, 0.3) is 10.2 Å². The van der Waals surface area contributed by atoms with E-state index < -0.39 is 0 Å². The maximum absolute atomic E-state index is 13.3. The van der Waals surface area contributed by atoms with Crippen molar-refractivity contribution < 1.29 is 18.7 Å². The molecule has 152 valence electrons. The third-order valence-electron chi connectivity index (χ3n) is 4.97. The predicted molar refractivity (Wildman–Crippen MR) is 110 cm³/mol. The summed E-state index contributed by atoms with van der Waals surface area (Å²) in [7, 11) is 0. The average molecular weight is 415 g/mol. The predicted octanol–water partition coefficient (Wildman–Crippen LogP) is 4.28. The monoisotopic (exact) mass is 415 g/mol. The van der Waals surface area contributed by atoms with E-state index in [4.69, 9.17) is 9.47 Å². The number of fused-ring (bicyclic) bond motifs is 1. The molecule has 8 heteroatoms. The molecule has 0 radical (unpaired) electrons. The Balaban J connectivity index is 1.71. The molecular weight excluding hydrogens is 393 g/mol. The van der Waals surface area contributed by atoms with Gasteiger partial charge in [-0.05, 0) is 44.0 Å². The standard InChI is InChI=1S/C21H22FN3O3S/c1-4-27-21(26)18-13(3)17-19(23-11-24-20(17)29-18)25-9-12(2)28-16(10-25)14-5-7-15(22)8-6-14/h5-8,11-12,16H,4,9-10H2,1-3H3. The summed E-state index contributed by atoms with van der Waals surface area (Å²) >= 11 is 1.32. The number of thiophene rings is 1. The molecule has 6 nitrogen and oxygen atoms in total. The first-order chi connectivity index (χ1) is 14.0. The van der Waals surface area contributed by atoms with Gasteiger partial charge in [-0.15, -0.1) is 11.3 Å². The molecule has 0 N–H and O–H groups in total. The number of aromatic nitrogens is 2.